The molecule has 2 atom stereocenters. The van der Waals surface area contributed by atoms with Crippen molar-refractivity contribution < 1.29 is 27.6 Å². The van der Waals surface area contributed by atoms with Gasteiger partial charge in [-0.05, 0) is 54.5 Å². The molecule has 0 spiro atoms. The standard InChI is InChI=1S/C21H31BO6S/c1-4-5-15(10-16-7-8-17(12-23)27-16)6-9-19-21-18(14(2)3)13-29(25,26)20(21)11-22(24)28-19/h7-8,10,14,19-20,23-24H,4-6,9,11-13H2,1-3H3/b15-10+/t19-,20+/m1/s1. The van der Waals surface area contributed by atoms with E-state index in [2.05, 4.69) is 6.92 Å². The fraction of sp³-hybridized carbons (Fsp3) is 0.619. The smallest absolute Gasteiger partial charge is 0.456 e. The molecule has 0 aromatic carbocycles. The minimum absolute atomic E-state index is 0.0746. The lowest BCUT2D eigenvalue weighted by Crippen LogP contribution is -2.42. The normalized spacial score (nSPS) is 24.5. The van der Waals surface area contributed by atoms with Crippen LogP contribution in [0.3, 0.4) is 0 Å². The van der Waals surface area contributed by atoms with E-state index in [-0.39, 0.29) is 30.7 Å². The minimum atomic E-state index is -3.27. The van der Waals surface area contributed by atoms with Crippen molar-refractivity contribution in [3.8, 4) is 0 Å². The monoisotopic (exact) mass is 422 g/mol. The summed E-state index contributed by atoms with van der Waals surface area (Å²) in [4.78, 5) is 0. The number of hydrogen-bond acceptors (Lipinski definition) is 6. The Bertz CT molecular complexity index is 883. The van der Waals surface area contributed by atoms with Crippen LogP contribution < -0.4 is 0 Å². The van der Waals surface area contributed by atoms with E-state index in [1.807, 2.05) is 26.0 Å². The average molecular weight is 422 g/mol. The van der Waals surface area contributed by atoms with Crippen molar-refractivity contribution in [1.29, 1.82) is 0 Å². The Labute approximate surface area is 173 Å². The first kappa shape index (κ1) is 22.3. The Balaban J connectivity index is 1.81. The van der Waals surface area contributed by atoms with E-state index in [0.717, 1.165) is 30.4 Å². The maximum absolute atomic E-state index is 12.7. The highest BCUT2D eigenvalue weighted by Crippen LogP contribution is 2.41. The summed E-state index contributed by atoms with van der Waals surface area (Å²) in [6.45, 7) is 6.00. The molecule has 1 aromatic rings. The van der Waals surface area contributed by atoms with Gasteiger partial charge in [0.15, 0.2) is 9.84 Å². The zero-order chi connectivity index (χ0) is 21.2. The van der Waals surface area contributed by atoms with Gasteiger partial charge in [-0.2, -0.15) is 0 Å². The van der Waals surface area contributed by atoms with Crippen molar-refractivity contribution in [3.63, 3.8) is 0 Å². The van der Waals surface area contributed by atoms with Crippen LogP contribution in [0, 0.1) is 5.92 Å². The molecule has 0 radical (unpaired) electrons. The second kappa shape index (κ2) is 9.21. The lowest BCUT2D eigenvalue weighted by molar-refractivity contribution is 0.169. The highest BCUT2D eigenvalue weighted by Gasteiger charge is 2.48. The summed E-state index contributed by atoms with van der Waals surface area (Å²) in [5, 5.41) is 18.7. The number of aliphatic hydroxyl groups excluding tert-OH is 1. The summed E-state index contributed by atoms with van der Waals surface area (Å²) in [5.41, 5.74) is 3.01. The molecule has 29 heavy (non-hydrogen) atoms. The van der Waals surface area contributed by atoms with Crippen LogP contribution in [0.2, 0.25) is 6.32 Å². The van der Waals surface area contributed by atoms with Gasteiger partial charge < -0.3 is 19.2 Å². The molecule has 1 fully saturated rings. The first-order valence-corrected chi connectivity index (χ1v) is 12.1. The number of rotatable bonds is 8. The van der Waals surface area contributed by atoms with Crippen LogP contribution in [-0.2, 0) is 21.1 Å². The van der Waals surface area contributed by atoms with Crippen molar-refractivity contribution >= 4 is 23.0 Å². The van der Waals surface area contributed by atoms with E-state index in [4.69, 9.17) is 9.07 Å². The number of allylic oxidation sites excluding steroid dienone is 1. The first-order chi connectivity index (χ1) is 13.7. The zero-order valence-electron chi connectivity index (χ0n) is 17.4. The van der Waals surface area contributed by atoms with Gasteiger partial charge in [-0.25, -0.2) is 8.42 Å². The Morgan fingerprint density at radius 3 is 2.72 bits per heavy atom. The van der Waals surface area contributed by atoms with Crippen LogP contribution in [0.25, 0.3) is 6.08 Å². The predicted octanol–water partition coefficient (Wildman–Crippen LogP) is 3.36. The molecule has 8 heteroatoms. The number of hydrogen-bond donors (Lipinski definition) is 2. The van der Waals surface area contributed by atoms with Crippen LogP contribution in [-0.4, -0.2) is 42.8 Å². The third-order valence-electron chi connectivity index (χ3n) is 5.77. The highest BCUT2D eigenvalue weighted by atomic mass is 32.2. The third-order valence-corrected chi connectivity index (χ3v) is 7.80. The molecule has 3 rings (SSSR count). The van der Waals surface area contributed by atoms with Gasteiger partial charge in [0.2, 0.25) is 0 Å². The van der Waals surface area contributed by atoms with E-state index >= 15 is 0 Å². The lowest BCUT2D eigenvalue weighted by Gasteiger charge is -2.32. The number of aliphatic hydroxyl groups is 1. The maximum atomic E-state index is 12.7. The quantitative estimate of drug-likeness (QED) is 0.493. The summed E-state index contributed by atoms with van der Waals surface area (Å²) in [6, 6.07) is 3.59. The van der Waals surface area contributed by atoms with Gasteiger partial charge >= 0.3 is 7.12 Å². The van der Waals surface area contributed by atoms with Crippen molar-refractivity contribution in [2.24, 2.45) is 5.92 Å². The average Bonchev–Trinajstić information content (AvgIpc) is 3.22. The topological polar surface area (TPSA) is 97.0 Å². The largest absolute Gasteiger partial charge is 0.459 e. The van der Waals surface area contributed by atoms with E-state index in [1.165, 1.54) is 5.57 Å². The number of furan rings is 1. The molecule has 0 unspecified atom stereocenters. The summed E-state index contributed by atoms with van der Waals surface area (Å²) >= 11 is 0. The van der Waals surface area contributed by atoms with Crippen LogP contribution in [0.4, 0.5) is 0 Å². The first-order valence-electron chi connectivity index (χ1n) is 10.4. The van der Waals surface area contributed by atoms with Gasteiger partial charge in [-0.1, -0.05) is 32.8 Å². The minimum Gasteiger partial charge on any atom is -0.459 e. The molecule has 0 amide bonds. The van der Waals surface area contributed by atoms with Gasteiger partial charge in [-0.3, -0.25) is 0 Å². The molecule has 6 nitrogen and oxygen atoms in total. The molecule has 2 aliphatic heterocycles. The summed E-state index contributed by atoms with van der Waals surface area (Å²) in [6.07, 6.45) is 4.94. The van der Waals surface area contributed by atoms with Crippen LogP contribution in [0.5, 0.6) is 0 Å². The molecular weight excluding hydrogens is 391 g/mol. The SMILES string of the molecule is CCC/C(=C\c1ccc(CO)o1)CC[C@H]1OB(O)C[C@H]2C1=C(C(C)C)CS2(=O)=O. The molecule has 0 bridgehead atoms. The fourth-order valence-corrected chi connectivity index (χ4v) is 6.66. The van der Waals surface area contributed by atoms with Crippen LogP contribution >= 0.6 is 0 Å². The Morgan fingerprint density at radius 1 is 1.34 bits per heavy atom. The molecule has 1 aromatic heterocycles. The van der Waals surface area contributed by atoms with Crippen molar-refractivity contribution in [1.82, 2.24) is 0 Å². The van der Waals surface area contributed by atoms with Gasteiger partial charge in [0.05, 0.1) is 17.1 Å². The highest BCUT2D eigenvalue weighted by molar-refractivity contribution is 7.92. The summed E-state index contributed by atoms with van der Waals surface area (Å²) in [7, 11) is -4.32. The van der Waals surface area contributed by atoms with Gasteiger partial charge in [-0.15, -0.1) is 0 Å². The van der Waals surface area contributed by atoms with E-state index in [0.29, 0.717) is 17.9 Å². The Hall–Kier alpha value is -1.35. The Kier molecular flexibility index (Phi) is 7.09. The second-order valence-corrected chi connectivity index (χ2v) is 10.5. The van der Waals surface area contributed by atoms with Gasteiger partial charge in [0, 0.05) is 6.32 Å². The van der Waals surface area contributed by atoms with Crippen molar-refractivity contribution in [2.75, 3.05) is 5.75 Å². The molecule has 1 saturated heterocycles. The number of fused-ring (bicyclic) bond motifs is 1. The molecule has 2 aliphatic rings. The molecule has 2 N–H and O–H groups in total. The molecular formula is C21H31BO6S. The molecule has 0 saturated carbocycles. The van der Waals surface area contributed by atoms with E-state index < -0.39 is 22.2 Å². The summed E-state index contributed by atoms with van der Waals surface area (Å²) < 4.78 is 36.7. The van der Waals surface area contributed by atoms with Crippen LogP contribution in [0.1, 0.15) is 58.0 Å². The number of sulfone groups is 1. The van der Waals surface area contributed by atoms with E-state index in [1.54, 1.807) is 6.07 Å². The maximum Gasteiger partial charge on any atom is 0.456 e. The predicted molar refractivity (Wildman–Crippen MR) is 114 cm³/mol. The zero-order valence-corrected chi connectivity index (χ0v) is 18.2. The molecule has 160 valence electrons. The van der Waals surface area contributed by atoms with Crippen molar-refractivity contribution in [2.45, 2.75) is 70.7 Å². The van der Waals surface area contributed by atoms with Gasteiger partial charge in [0.1, 0.15) is 18.1 Å². The second-order valence-electron chi connectivity index (χ2n) is 8.30. The van der Waals surface area contributed by atoms with Gasteiger partial charge in [0.25, 0.3) is 0 Å². The molecule has 0 aliphatic carbocycles. The van der Waals surface area contributed by atoms with E-state index in [9.17, 15) is 18.5 Å². The van der Waals surface area contributed by atoms with Crippen molar-refractivity contribution in [3.05, 3.63) is 40.4 Å². The molecule has 3 heterocycles. The lowest BCUT2D eigenvalue weighted by atomic mass is 9.74. The third kappa shape index (κ3) is 5.05. The fourth-order valence-electron chi connectivity index (χ4n) is 4.38. The van der Waals surface area contributed by atoms with Crippen LogP contribution in [0.15, 0.2) is 33.3 Å². The Morgan fingerprint density at radius 2 is 2.10 bits per heavy atom. The summed E-state index contributed by atoms with van der Waals surface area (Å²) in [5.74, 6) is 1.43.